The lowest BCUT2D eigenvalue weighted by Crippen LogP contribution is -2.57. The van der Waals surface area contributed by atoms with E-state index in [2.05, 4.69) is 31.9 Å². The zero-order valence-electron chi connectivity index (χ0n) is 12.8. The Balaban J connectivity index is 1.44. The number of hydrogen-bond donors (Lipinski definition) is 0. The topological polar surface area (TPSA) is 0 Å². The van der Waals surface area contributed by atoms with Crippen molar-refractivity contribution in [3.8, 4) is 0 Å². The summed E-state index contributed by atoms with van der Waals surface area (Å²) in [7, 11) is 0. The molecular formula is C21H20Br2. The molecule has 0 aromatic rings. The van der Waals surface area contributed by atoms with Crippen molar-refractivity contribution in [2.24, 2.45) is 118 Å². The van der Waals surface area contributed by atoms with Gasteiger partial charge in [-0.25, -0.2) is 0 Å². The molecule has 2 heteroatoms. The van der Waals surface area contributed by atoms with E-state index in [0.29, 0.717) is 3.23 Å². The standard InChI is InChI=1S/C21H20Br2/c22-21(23)19-15-9-3-1-2-5-7(3)13(15)17-11(5)12-6(2)8-4(1)10(9)16(19)14(8)18(12)20(17)21/h1-20H. The zero-order valence-corrected chi connectivity index (χ0v) is 16.0. The van der Waals surface area contributed by atoms with Crippen LogP contribution in [0.25, 0.3) is 0 Å². The minimum atomic E-state index is 0.365. The lowest BCUT2D eigenvalue weighted by molar-refractivity contribution is -0.0322. The molecule has 0 spiro atoms. The van der Waals surface area contributed by atoms with E-state index in [4.69, 9.17) is 0 Å². The van der Waals surface area contributed by atoms with Crippen molar-refractivity contribution >= 4 is 31.9 Å². The van der Waals surface area contributed by atoms with Gasteiger partial charge in [-0.3, -0.25) is 0 Å². The minimum absolute atomic E-state index is 0.365. The molecule has 23 heavy (non-hydrogen) atoms. The Bertz CT molecular complexity index is 688. The van der Waals surface area contributed by atoms with Gasteiger partial charge in [-0.2, -0.15) is 0 Å². The SMILES string of the molecule is BrC1(Br)C2C3C4C5C6C7C8C5C3C3C8C5C7C7C6C4C2C7C5C31. The number of rotatable bonds is 0. The maximum Gasteiger partial charge on any atom is 0.0872 e. The van der Waals surface area contributed by atoms with Crippen LogP contribution in [0.2, 0.25) is 0 Å². The second-order valence-corrected chi connectivity index (χ2v) is 15.8. The average molecular weight is 432 g/mol. The highest BCUT2D eigenvalue weighted by Crippen LogP contribution is 3.01. The summed E-state index contributed by atoms with van der Waals surface area (Å²) in [6.45, 7) is 0. The van der Waals surface area contributed by atoms with Crippen molar-refractivity contribution in [2.45, 2.75) is 3.23 Å². The smallest absolute Gasteiger partial charge is 0.0721 e. The Morgan fingerprint density at radius 1 is 0.304 bits per heavy atom. The highest BCUT2D eigenvalue weighted by Gasteiger charge is 2.98. The van der Waals surface area contributed by atoms with Crippen LogP contribution in [0.15, 0.2) is 0 Å². The van der Waals surface area contributed by atoms with Gasteiger partial charge < -0.3 is 0 Å². The van der Waals surface area contributed by atoms with Gasteiger partial charge in [-0.05, 0) is 118 Å². The molecule has 12 fully saturated rings. The van der Waals surface area contributed by atoms with Gasteiger partial charge in [0.15, 0.2) is 0 Å². The lowest BCUT2D eigenvalue weighted by Gasteiger charge is -2.58. The lowest BCUT2D eigenvalue weighted by atomic mass is 9.54. The van der Waals surface area contributed by atoms with E-state index in [-0.39, 0.29) is 0 Å². The van der Waals surface area contributed by atoms with Gasteiger partial charge >= 0.3 is 0 Å². The Labute approximate surface area is 153 Å². The van der Waals surface area contributed by atoms with Gasteiger partial charge in [-0.15, -0.1) is 0 Å². The molecule has 0 radical (unpaired) electrons. The summed E-state index contributed by atoms with van der Waals surface area (Å²) in [5, 5.41) is 0. The third kappa shape index (κ3) is 0.607. The molecule has 12 saturated carbocycles. The van der Waals surface area contributed by atoms with Crippen LogP contribution in [0.1, 0.15) is 0 Å². The maximum absolute atomic E-state index is 4.43. The molecule has 0 aliphatic heterocycles. The second kappa shape index (κ2) is 2.47. The van der Waals surface area contributed by atoms with Gasteiger partial charge in [0.1, 0.15) is 0 Å². The van der Waals surface area contributed by atoms with Crippen molar-refractivity contribution in [1.82, 2.24) is 0 Å². The van der Waals surface area contributed by atoms with Crippen LogP contribution in [0.5, 0.6) is 0 Å². The van der Waals surface area contributed by atoms with Crippen LogP contribution in [-0.2, 0) is 0 Å². The Kier molecular flexibility index (Phi) is 1.18. The van der Waals surface area contributed by atoms with Crippen LogP contribution >= 0.6 is 31.9 Å². The van der Waals surface area contributed by atoms with Crippen LogP contribution in [0.3, 0.4) is 0 Å². The van der Waals surface area contributed by atoms with Crippen molar-refractivity contribution in [3.63, 3.8) is 0 Å². The number of halogens is 2. The van der Waals surface area contributed by atoms with Crippen molar-refractivity contribution in [1.29, 1.82) is 0 Å². The molecule has 12 rings (SSSR count). The quantitative estimate of drug-likeness (QED) is 0.509. The van der Waals surface area contributed by atoms with Gasteiger partial charge in [0, 0.05) is 0 Å². The summed E-state index contributed by atoms with van der Waals surface area (Å²) in [5.74, 6) is 24.2. The van der Waals surface area contributed by atoms with Crippen LogP contribution in [-0.4, -0.2) is 3.23 Å². The summed E-state index contributed by atoms with van der Waals surface area (Å²) in [4.78, 5) is 0. The predicted molar refractivity (Wildman–Crippen MR) is 90.4 cm³/mol. The van der Waals surface area contributed by atoms with E-state index in [1.165, 1.54) is 107 Å². The molecule has 0 nitrogen and oxygen atoms in total. The van der Waals surface area contributed by atoms with Gasteiger partial charge in [0.05, 0.1) is 3.23 Å². The first-order chi connectivity index (χ1) is 11.2. The monoisotopic (exact) mass is 430 g/mol. The molecule has 12 aliphatic rings. The van der Waals surface area contributed by atoms with E-state index >= 15 is 0 Å². The highest BCUT2D eigenvalue weighted by atomic mass is 79.9. The molecule has 0 aromatic carbocycles. The summed E-state index contributed by atoms with van der Waals surface area (Å²) in [6, 6.07) is 0. The van der Waals surface area contributed by atoms with Gasteiger partial charge in [0.25, 0.3) is 0 Å². The van der Waals surface area contributed by atoms with E-state index in [1.54, 1.807) is 0 Å². The van der Waals surface area contributed by atoms with Crippen LogP contribution in [0, 0.1) is 118 Å². The third-order valence-electron chi connectivity index (χ3n) is 13.7. The molecule has 0 N–H and O–H groups in total. The molecule has 12 aliphatic carbocycles. The minimum Gasteiger partial charge on any atom is -0.0721 e. The van der Waals surface area contributed by atoms with Crippen molar-refractivity contribution in [2.75, 3.05) is 0 Å². The summed E-state index contributed by atoms with van der Waals surface area (Å²) >= 11 is 8.86. The number of hydrogen-bond acceptors (Lipinski definition) is 0. The Hall–Kier alpha value is 0.960. The normalized spacial score (nSPS) is 98.3. The molecule has 0 heterocycles. The molecular weight excluding hydrogens is 412 g/mol. The average Bonchev–Trinajstić information content (AvgIpc) is 3.20. The predicted octanol–water partition coefficient (Wildman–Crippen LogP) is 3.95. The fourth-order valence-corrected chi connectivity index (χ4v) is 17.9. The number of alkyl halides is 2. The highest BCUT2D eigenvalue weighted by molar-refractivity contribution is 9.25. The Morgan fingerprint density at radius 2 is 0.478 bits per heavy atom. The van der Waals surface area contributed by atoms with Crippen molar-refractivity contribution in [3.05, 3.63) is 0 Å². The summed E-state index contributed by atoms with van der Waals surface area (Å²) < 4.78 is 0.365. The molecule has 12 atom stereocenters. The molecule has 118 valence electrons. The molecule has 0 amide bonds. The fraction of sp³-hybridized carbons (Fsp3) is 1.00. The van der Waals surface area contributed by atoms with E-state index in [9.17, 15) is 0 Å². The maximum atomic E-state index is 4.43. The van der Waals surface area contributed by atoms with Crippen LogP contribution in [0.4, 0.5) is 0 Å². The van der Waals surface area contributed by atoms with E-state index < -0.39 is 0 Å². The van der Waals surface area contributed by atoms with Crippen LogP contribution < -0.4 is 0 Å². The Morgan fingerprint density at radius 3 is 0.739 bits per heavy atom. The first-order valence-corrected chi connectivity index (χ1v) is 12.2. The van der Waals surface area contributed by atoms with Gasteiger partial charge in [-0.1, -0.05) is 31.9 Å². The first kappa shape index (κ1) is 11.0. The van der Waals surface area contributed by atoms with E-state index in [0.717, 1.165) is 11.8 Å². The molecule has 2 bridgehead atoms. The summed E-state index contributed by atoms with van der Waals surface area (Å²) in [5.41, 5.74) is 0. The van der Waals surface area contributed by atoms with Gasteiger partial charge in [0.2, 0.25) is 0 Å². The molecule has 12 unspecified atom stereocenters. The summed E-state index contributed by atoms with van der Waals surface area (Å²) in [6.07, 6.45) is 0. The zero-order chi connectivity index (χ0) is 14.0. The second-order valence-electron chi connectivity index (χ2n) is 12.1. The largest absolute Gasteiger partial charge is 0.0872 e. The van der Waals surface area contributed by atoms with Crippen molar-refractivity contribution < 1.29 is 0 Å². The first-order valence-electron chi connectivity index (χ1n) is 10.6. The molecule has 0 saturated heterocycles. The van der Waals surface area contributed by atoms with E-state index in [1.807, 2.05) is 0 Å². The molecule has 0 aromatic heterocycles. The fourth-order valence-electron chi connectivity index (χ4n) is 15.5. The third-order valence-corrected chi connectivity index (χ3v) is 15.8.